The van der Waals surface area contributed by atoms with E-state index in [-0.39, 0.29) is 17.8 Å². The highest BCUT2D eigenvalue weighted by Gasteiger charge is 2.18. The first-order valence-corrected chi connectivity index (χ1v) is 8.63. The molecule has 1 aliphatic heterocycles. The van der Waals surface area contributed by atoms with E-state index in [1.54, 1.807) is 0 Å². The molecule has 0 saturated carbocycles. The summed E-state index contributed by atoms with van der Waals surface area (Å²) in [4.78, 5) is 27.7. The molecule has 5 nitrogen and oxygen atoms in total. The average Bonchev–Trinajstić information content (AvgIpc) is 2.54. The number of carbonyl (C=O) groups is 2. The summed E-state index contributed by atoms with van der Waals surface area (Å²) >= 11 is 0. The smallest absolute Gasteiger partial charge is 0.308 e. The fraction of sp³-hybridized carbons (Fsp3) is 0.778. The number of ether oxygens (including phenoxy) is 1. The van der Waals surface area contributed by atoms with E-state index in [0.29, 0.717) is 6.42 Å². The summed E-state index contributed by atoms with van der Waals surface area (Å²) in [7, 11) is 3.52. The molecule has 0 aromatic heterocycles. The zero-order valence-electron chi connectivity index (χ0n) is 15.1. The van der Waals surface area contributed by atoms with Gasteiger partial charge in [-0.3, -0.25) is 9.59 Å². The van der Waals surface area contributed by atoms with Gasteiger partial charge in [-0.05, 0) is 39.7 Å². The zero-order valence-corrected chi connectivity index (χ0v) is 15.1. The number of hydrogen-bond acceptors (Lipinski definition) is 4. The van der Waals surface area contributed by atoms with Crippen molar-refractivity contribution in [2.75, 3.05) is 40.3 Å². The van der Waals surface area contributed by atoms with Gasteiger partial charge in [0.25, 0.3) is 0 Å². The highest BCUT2D eigenvalue weighted by atomic mass is 16.5. The van der Waals surface area contributed by atoms with Crippen LogP contribution in [0.5, 0.6) is 0 Å². The predicted octanol–water partition coefficient (Wildman–Crippen LogP) is 2.47. The van der Waals surface area contributed by atoms with Gasteiger partial charge in [0, 0.05) is 32.6 Å². The van der Waals surface area contributed by atoms with Gasteiger partial charge in [0.15, 0.2) is 0 Å². The Kier molecular flexibility index (Phi) is 8.92. The van der Waals surface area contributed by atoms with E-state index in [1.807, 2.05) is 11.8 Å². The second-order valence-electron chi connectivity index (χ2n) is 6.59. The molecule has 0 N–H and O–H groups in total. The molecule has 0 bridgehead atoms. The highest BCUT2D eigenvalue weighted by molar-refractivity contribution is 5.76. The van der Waals surface area contributed by atoms with Crippen LogP contribution >= 0.6 is 0 Å². The maximum absolute atomic E-state index is 12.1. The van der Waals surface area contributed by atoms with Crippen LogP contribution in [-0.4, -0.2) is 62.0 Å². The largest absolute Gasteiger partial charge is 0.469 e. The van der Waals surface area contributed by atoms with Crippen LogP contribution in [0.25, 0.3) is 0 Å². The lowest BCUT2D eigenvalue weighted by atomic mass is 10.0. The summed E-state index contributed by atoms with van der Waals surface area (Å²) in [6.45, 7) is 7.65. The van der Waals surface area contributed by atoms with Crippen LogP contribution in [-0.2, 0) is 14.3 Å². The molecule has 1 rings (SSSR count). The lowest BCUT2D eigenvalue weighted by molar-refractivity contribution is -0.145. The molecule has 1 heterocycles. The van der Waals surface area contributed by atoms with Crippen molar-refractivity contribution in [3.05, 3.63) is 11.6 Å². The first-order valence-electron chi connectivity index (χ1n) is 8.63. The predicted molar refractivity (Wildman–Crippen MR) is 92.1 cm³/mol. The van der Waals surface area contributed by atoms with Crippen molar-refractivity contribution in [2.24, 2.45) is 5.92 Å². The second kappa shape index (κ2) is 10.4. The van der Waals surface area contributed by atoms with E-state index in [0.717, 1.165) is 51.9 Å². The zero-order chi connectivity index (χ0) is 17.2. The third-order valence-electron chi connectivity index (χ3n) is 4.52. The van der Waals surface area contributed by atoms with E-state index >= 15 is 0 Å². The van der Waals surface area contributed by atoms with Crippen LogP contribution in [0.1, 0.15) is 46.0 Å². The Labute approximate surface area is 140 Å². The Balaban J connectivity index is 2.18. The molecule has 0 aromatic rings. The maximum atomic E-state index is 12.1. The van der Waals surface area contributed by atoms with Crippen molar-refractivity contribution in [3.8, 4) is 0 Å². The summed E-state index contributed by atoms with van der Waals surface area (Å²) < 4.78 is 4.73. The third-order valence-corrected chi connectivity index (χ3v) is 4.52. The van der Waals surface area contributed by atoms with Gasteiger partial charge in [-0.2, -0.15) is 0 Å². The lowest BCUT2D eigenvalue weighted by Crippen LogP contribution is -2.47. The van der Waals surface area contributed by atoms with Crippen LogP contribution in [0.15, 0.2) is 11.6 Å². The van der Waals surface area contributed by atoms with E-state index in [9.17, 15) is 9.59 Å². The fourth-order valence-electron chi connectivity index (χ4n) is 2.76. The van der Waals surface area contributed by atoms with E-state index in [4.69, 9.17) is 4.74 Å². The minimum Gasteiger partial charge on any atom is -0.469 e. The Morgan fingerprint density at radius 1 is 1.17 bits per heavy atom. The molecular formula is C18H32N2O3. The molecule has 5 heteroatoms. The summed E-state index contributed by atoms with van der Waals surface area (Å²) in [6.07, 6.45) is 6.37. The molecule has 1 unspecified atom stereocenters. The Hall–Kier alpha value is -1.36. The molecule has 1 aliphatic rings. The van der Waals surface area contributed by atoms with Crippen molar-refractivity contribution >= 4 is 11.9 Å². The number of hydrogen-bond donors (Lipinski definition) is 0. The summed E-state index contributed by atoms with van der Waals surface area (Å²) in [6, 6.07) is 0. The van der Waals surface area contributed by atoms with E-state index in [2.05, 4.69) is 24.9 Å². The molecule has 0 spiro atoms. The van der Waals surface area contributed by atoms with Gasteiger partial charge < -0.3 is 14.5 Å². The highest BCUT2D eigenvalue weighted by Crippen LogP contribution is 2.14. The molecule has 0 radical (unpaired) electrons. The van der Waals surface area contributed by atoms with Crippen LogP contribution in [0.2, 0.25) is 0 Å². The molecule has 0 aromatic carbocycles. The third kappa shape index (κ3) is 7.64. The van der Waals surface area contributed by atoms with Crippen LogP contribution in [0, 0.1) is 5.92 Å². The average molecular weight is 324 g/mol. The van der Waals surface area contributed by atoms with Gasteiger partial charge in [-0.25, -0.2) is 0 Å². The molecule has 1 amide bonds. The van der Waals surface area contributed by atoms with E-state index in [1.165, 1.54) is 12.7 Å². The monoisotopic (exact) mass is 324 g/mol. The van der Waals surface area contributed by atoms with E-state index < -0.39 is 0 Å². The lowest BCUT2D eigenvalue weighted by Gasteiger charge is -2.32. The number of amides is 1. The maximum Gasteiger partial charge on any atom is 0.308 e. The minimum absolute atomic E-state index is 0.0355. The Bertz CT molecular complexity index is 412. The normalized spacial score (nSPS) is 17.9. The number of likely N-dealkylation sites (N-methyl/N-ethyl adjacent to an activating group) is 1. The Morgan fingerprint density at radius 2 is 1.83 bits per heavy atom. The number of rotatable bonds is 8. The SMILES string of the molecule is COC(=O)C(C)CCC/C(C)=C/CCC(=O)N1CCN(C)CC1. The summed E-state index contributed by atoms with van der Waals surface area (Å²) in [5.41, 5.74) is 1.30. The fourth-order valence-corrected chi connectivity index (χ4v) is 2.76. The topological polar surface area (TPSA) is 49.9 Å². The van der Waals surface area contributed by atoms with Gasteiger partial charge >= 0.3 is 5.97 Å². The van der Waals surface area contributed by atoms with Gasteiger partial charge in [0.2, 0.25) is 5.91 Å². The number of esters is 1. The van der Waals surface area contributed by atoms with Crippen molar-refractivity contribution in [1.29, 1.82) is 0 Å². The van der Waals surface area contributed by atoms with Crippen molar-refractivity contribution in [1.82, 2.24) is 9.80 Å². The molecule has 132 valence electrons. The van der Waals surface area contributed by atoms with Gasteiger partial charge in [0.1, 0.15) is 0 Å². The van der Waals surface area contributed by atoms with Crippen LogP contribution < -0.4 is 0 Å². The Morgan fingerprint density at radius 3 is 2.43 bits per heavy atom. The number of nitrogens with zero attached hydrogens (tertiary/aromatic N) is 2. The second-order valence-corrected chi connectivity index (χ2v) is 6.59. The number of allylic oxidation sites excluding steroid dienone is 2. The molecule has 0 aliphatic carbocycles. The van der Waals surface area contributed by atoms with Crippen LogP contribution in [0.3, 0.4) is 0 Å². The standard InChI is InChI=1S/C18H32N2O3/c1-15(7-5-9-16(2)18(22)23-4)8-6-10-17(21)20-13-11-19(3)12-14-20/h8,16H,5-7,9-14H2,1-4H3/b15-8+. The van der Waals surface area contributed by atoms with Gasteiger partial charge in [0.05, 0.1) is 13.0 Å². The molecule has 1 atom stereocenters. The molecule has 1 fully saturated rings. The van der Waals surface area contributed by atoms with Gasteiger partial charge in [-0.1, -0.05) is 18.6 Å². The molecule has 23 heavy (non-hydrogen) atoms. The van der Waals surface area contributed by atoms with Crippen molar-refractivity contribution < 1.29 is 14.3 Å². The first kappa shape index (κ1) is 19.7. The molecule has 1 saturated heterocycles. The summed E-state index contributed by atoms with van der Waals surface area (Å²) in [5.74, 6) is 0.0949. The van der Waals surface area contributed by atoms with Crippen LogP contribution in [0.4, 0.5) is 0 Å². The molecular weight excluding hydrogens is 292 g/mol. The summed E-state index contributed by atoms with van der Waals surface area (Å²) in [5, 5.41) is 0. The number of methoxy groups -OCH3 is 1. The van der Waals surface area contributed by atoms with Gasteiger partial charge in [-0.15, -0.1) is 0 Å². The van der Waals surface area contributed by atoms with Crippen molar-refractivity contribution in [2.45, 2.75) is 46.0 Å². The quantitative estimate of drug-likeness (QED) is 0.508. The van der Waals surface area contributed by atoms with Crippen molar-refractivity contribution in [3.63, 3.8) is 0 Å². The minimum atomic E-state index is -0.135. The number of piperazine rings is 1. The first-order chi connectivity index (χ1) is 10.9. The number of carbonyl (C=O) groups excluding carboxylic acids is 2.